The Morgan fingerprint density at radius 1 is 1.10 bits per heavy atom. The summed E-state index contributed by atoms with van der Waals surface area (Å²) in [4.78, 5) is 27.5. The summed E-state index contributed by atoms with van der Waals surface area (Å²) in [6.07, 6.45) is 2.55. The lowest BCUT2D eigenvalue weighted by atomic mass is 10.2. The van der Waals surface area contributed by atoms with Crippen molar-refractivity contribution >= 4 is 17.7 Å². The van der Waals surface area contributed by atoms with Gasteiger partial charge in [-0.2, -0.15) is 0 Å². The number of carbonyl (C=O) groups excluding carboxylic acids is 1. The Kier molecular flexibility index (Phi) is 3.79. The Hall–Kier alpha value is -2.08. The lowest BCUT2D eigenvalue weighted by Crippen LogP contribution is -2.50. The van der Waals surface area contributed by atoms with Crippen molar-refractivity contribution in [1.82, 2.24) is 9.80 Å². The summed E-state index contributed by atoms with van der Waals surface area (Å²) in [6, 6.07) is 6.97. The van der Waals surface area contributed by atoms with E-state index in [0.29, 0.717) is 18.8 Å². The number of carbonyl (C=O) groups is 2. The van der Waals surface area contributed by atoms with Crippen LogP contribution in [0.15, 0.2) is 24.3 Å². The van der Waals surface area contributed by atoms with Crippen molar-refractivity contribution in [3.05, 3.63) is 29.8 Å². The normalized spacial score (nSPS) is 19.3. The topological polar surface area (TPSA) is 72.9 Å². The second-order valence-electron chi connectivity index (χ2n) is 5.54. The van der Waals surface area contributed by atoms with Gasteiger partial charge in [0.25, 0.3) is 0 Å². The average molecular weight is 289 g/mol. The Balaban J connectivity index is 1.60. The van der Waals surface area contributed by atoms with Gasteiger partial charge in [0, 0.05) is 32.2 Å². The standard InChI is InChI=1S/C15H19N3O3/c19-14(20)12-3-1-2-4-13(12)16-15(21)18-9-7-17(8-10-18)11-5-6-11/h1-4,11H,5-10H2,(H,16,21)(H,19,20). The van der Waals surface area contributed by atoms with Crippen LogP contribution in [0.5, 0.6) is 0 Å². The van der Waals surface area contributed by atoms with E-state index < -0.39 is 5.97 Å². The molecule has 1 aromatic carbocycles. The number of para-hydroxylation sites is 1. The van der Waals surface area contributed by atoms with E-state index in [-0.39, 0.29) is 11.6 Å². The Morgan fingerprint density at radius 3 is 2.38 bits per heavy atom. The predicted octanol–water partition coefficient (Wildman–Crippen LogP) is 1.70. The first kappa shape index (κ1) is 13.9. The number of nitrogens with one attached hydrogen (secondary N) is 1. The largest absolute Gasteiger partial charge is 0.478 e. The molecule has 112 valence electrons. The van der Waals surface area contributed by atoms with Gasteiger partial charge in [0.2, 0.25) is 0 Å². The Labute approximate surface area is 123 Å². The van der Waals surface area contributed by atoms with E-state index in [2.05, 4.69) is 10.2 Å². The predicted molar refractivity (Wildman–Crippen MR) is 78.6 cm³/mol. The van der Waals surface area contributed by atoms with Crippen LogP contribution in [0.2, 0.25) is 0 Å². The molecule has 2 N–H and O–H groups in total. The van der Waals surface area contributed by atoms with E-state index in [1.165, 1.54) is 18.9 Å². The van der Waals surface area contributed by atoms with Crippen LogP contribution in [0, 0.1) is 0 Å². The van der Waals surface area contributed by atoms with E-state index in [1.807, 2.05) is 0 Å². The van der Waals surface area contributed by atoms with Gasteiger partial charge in [0.1, 0.15) is 0 Å². The van der Waals surface area contributed by atoms with Gasteiger partial charge in [-0.25, -0.2) is 9.59 Å². The smallest absolute Gasteiger partial charge is 0.337 e. The summed E-state index contributed by atoms with van der Waals surface area (Å²) in [5.74, 6) is -1.04. The molecule has 0 aromatic heterocycles. The van der Waals surface area contributed by atoms with Crippen molar-refractivity contribution in [3.63, 3.8) is 0 Å². The maximum absolute atomic E-state index is 12.2. The third-order valence-electron chi connectivity index (χ3n) is 4.06. The molecule has 6 nitrogen and oxygen atoms in total. The SMILES string of the molecule is O=C(O)c1ccccc1NC(=O)N1CCN(C2CC2)CC1. The van der Waals surface area contributed by atoms with Crippen LogP contribution in [0.25, 0.3) is 0 Å². The second-order valence-corrected chi connectivity index (χ2v) is 5.54. The van der Waals surface area contributed by atoms with Crippen molar-refractivity contribution in [3.8, 4) is 0 Å². The van der Waals surface area contributed by atoms with Crippen molar-refractivity contribution in [2.24, 2.45) is 0 Å². The van der Waals surface area contributed by atoms with Gasteiger partial charge < -0.3 is 15.3 Å². The van der Waals surface area contributed by atoms with Crippen LogP contribution >= 0.6 is 0 Å². The van der Waals surface area contributed by atoms with E-state index in [0.717, 1.165) is 19.1 Å². The Bertz CT molecular complexity index is 549. The summed E-state index contributed by atoms with van der Waals surface area (Å²) in [6.45, 7) is 3.19. The van der Waals surface area contributed by atoms with Gasteiger partial charge in [0.05, 0.1) is 11.3 Å². The number of piperazine rings is 1. The first-order valence-corrected chi connectivity index (χ1v) is 7.27. The van der Waals surface area contributed by atoms with Crippen LogP contribution in [-0.4, -0.2) is 59.1 Å². The van der Waals surface area contributed by atoms with E-state index in [1.54, 1.807) is 23.1 Å². The van der Waals surface area contributed by atoms with Gasteiger partial charge in [0.15, 0.2) is 0 Å². The molecule has 21 heavy (non-hydrogen) atoms. The molecule has 1 aliphatic carbocycles. The van der Waals surface area contributed by atoms with Crippen molar-refractivity contribution in [2.45, 2.75) is 18.9 Å². The number of hydrogen-bond acceptors (Lipinski definition) is 3. The zero-order valence-electron chi connectivity index (χ0n) is 11.8. The fraction of sp³-hybridized carbons (Fsp3) is 0.467. The van der Waals surface area contributed by atoms with Crippen LogP contribution in [-0.2, 0) is 0 Å². The monoisotopic (exact) mass is 289 g/mol. The lowest BCUT2D eigenvalue weighted by molar-refractivity contribution is 0.0698. The molecule has 1 aliphatic heterocycles. The summed E-state index contributed by atoms with van der Waals surface area (Å²) in [5.41, 5.74) is 0.460. The maximum atomic E-state index is 12.2. The molecule has 0 unspecified atom stereocenters. The minimum atomic E-state index is -1.04. The van der Waals surface area contributed by atoms with Crippen LogP contribution in [0.4, 0.5) is 10.5 Å². The molecule has 2 amide bonds. The van der Waals surface area contributed by atoms with Crippen molar-refractivity contribution in [1.29, 1.82) is 0 Å². The van der Waals surface area contributed by atoms with Crippen molar-refractivity contribution in [2.75, 3.05) is 31.5 Å². The summed E-state index contributed by atoms with van der Waals surface area (Å²) < 4.78 is 0. The highest BCUT2D eigenvalue weighted by atomic mass is 16.4. The summed E-state index contributed by atoms with van der Waals surface area (Å²) >= 11 is 0. The van der Waals surface area contributed by atoms with Gasteiger partial charge >= 0.3 is 12.0 Å². The van der Waals surface area contributed by atoms with Crippen molar-refractivity contribution < 1.29 is 14.7 Å². The highest BCUT2D eigenvalue weighted by molar-refractivity contribution is 5.99. The number of rotatable bonds is 3. The van der Waals surface area contributed by atoms with Crippen LogP contribution in [0.1, 0.15) is 23.2 Å². The summed E-state index contributed by atoms with van der Waals surface area (Å²) in [7, 11) is 0. The van der Waals surface area contributed by atoms with E-state index in [4.69, 9.17) is 5.11 Å². The van der Waals surface area contributed by atoms with Gasteiger partial charge in [-0.1, -0.05) is 12.1 Å². The number of anilines is 1. The minimum Gasteiger partial charge on any atom is -0.478 e. The molecule has 0 atom stereocenters. The Morgan fingerprint density at radius 2 is 1.76 bits per heavy atom. The first-order chi connectivity index (χ1) is 10.1. The minimum absolute atomic E-state index is 0.113. The first-order valence-electron chi connectivity index (χ1n) is 7.27. The molecule has 0 radical (unpaired) electrons. The van der Waals surface area contributed by atoms with Gasteiger partial charge in [-0.3, -0.25) is 4.90 Å². The third-order valence-corrected chi connectivity index (χ3v) is 4.06. The zero-order valence-corrected chi connectivity index (χ0v) is 11.8. The summed E-state index contributed by atoms with van der Waals surface area (Å²) in [5, 5.41) is 11.8. The molecule has 2 fully saturated rings. The number of aromatic carboxylic acids is 1. The highest BCUT2D eigenvalue weighted by Crippen LogP contribution is 2.27. The molecule has 2 aliphatic rings. The molecule has 0 bridgehead atoms. The molecule has 0 spiro atoms. The highest BCUT2D eigenvalue weighted by Gasteiger charge is 2.32. The quantitative estimate of drug-likeness (QED) is 0.888. The average Bonchev–Trinajstić information content (AvgIpc) is 3.32. The zero-order chi connectivity index (χ0) is 14.8. The molecule has 3 rings (SSSR count). The number of hydrogen-bond donors (Lipinski definition) is 2. The molecular weight excluding hydrogens is 270 g/mol. The molecule has 1 aromatic rings. The van der Waals surface area contributed by atoms with Crippen LogP contribution < -0.4 is 5.32 Å². The van der Waals surface area contributed by atoms with Crippen LogP contribution in [0.3, 0.4) is 0 Å². The fourth-order valence-corrected chi connectivity index (χ4v) is 2.70. The number of carboxylic acids is 1. The second kappa shape index (κ2) is 5.73. The van der Waals surface area contributed by atoms with Gasteiger partial charge in [-0.05, 0) is 25.0 Å². The third kappa shape index (κ3) is 3.16. The lowest BCUT2D eigenvalue weighted by Gasteiger charge is -2.34. The number of carboxylic acid groups (broad SMARTS) is 1. The van der Waals surface area contributed by atoms with E-state index in [9.17, 15) is 9.59 Å². The van der Waals surface area contributed by atoms with E-state index >= 15 is 0 Å². The molecule has 6 heteroatoms. The molecule has 1 saturated carbocycles. The number of nitrogens with zero attached hydrogens (tertiary/aromatic N) is 2. The molecule has 1 saturated heterocycles. The molecular formula is C15H19N3O3. The number of urea groups is 1. The fourth-order valence-electron chi connectivity index (χ4n) is 2.70. The number of amides is 2. The van der Waals surface area contributed by atoms with Gasteiger partial charge in [-0.15, -0.1) is 0 Å². The number of benzene rings is 1. The molecule has 1 heterocycles. The maximum Gasteiger partial charge on any atom is 0.337 e.